The molecule has 1 heterocycles. The highest BCUT2D eigenvalue weighted by Crippen LogP contribution is 2.30. The molecule has 0 fully saturated rings. The lowest BCUT2D eigenvalue weighted by Gasteiger charge is -2.27. The quantitative estimate of drug-likeness (QED) is 0.550. The number of nitrogens with zero attached hydrogens (tertiary/aromatic N) is 2. The molecule has 30 heavy (non-hydrogen) atoms. The second kappa shape index (κ2) is 8.28. The van der Waals surface area contributed by atoms with Crippen LogP contribution < -0.4 is 0 Å². The van der Waals surface area contributed by atoms with Gasteiger partial charge in [-0.25, -0.2) is 0 Å². The topological polar surface area (TPSA) is 57.7 Å². The Balaban J connectivity index is 1.39. The first-order chi connectivity index (χ1) is 14.5. The first-order valence-corrected chi connectivity index (χ1v) is 10.2. The van der Waals surface area contributed by atoms with Crippen molar-refractivity contribution in [3.8, 4) is 0 Å². The number of hydrogen-bond acceptors (Lipinski definition) is 3. The van der Waals surface area contributed by atoms with E-state index in [0.717, 1.165) is 10.9 Å². The second-order valence-corrected chi connectivity index (χ2v) is 7.89. The summed E-state index contributed by atoms with van der Waals surface area (Å²) >= 11 is 5.89. The van der Waals surface area contributed by atoms with Gasteiger partial charge in [0.15, 0.2) is 0 Å². The largest absolute Gasteiger partial charge is 0.341 e. The molecular formula is C24H21ClN2O3. The Hall–Kier alpha value is -3.18. The Morgan fingerprint density at radius 1 is 0.933 bits per heavy atom. The summed E-state index contributed by atoms with van der Waals surface area (Å²) in [5.74, 6) is -0.637. The fourth-order valence-electron chi connectivity index (χ4n) is 3.81. The summed E-state index contributed by atoms with van der Waals surface area (Å²) in [5.41, 5.74) is 2.06. The van der Waals surface area contributed by atoms with E-state index in [1.54, 1.807) is 36.2 Å². The number of halogens is 1. The van der Waals surface area contributed by atoms with Gasteiger partial charge in [0.1, 0.15) is 0 Å². The van der Waals surface area contributed by atoms with Crippen molar-refractivity contribution in [2.45, 2.75) is 19.4 Å². The van der Waals surface area contributed by atoms with E-state index in [-0.39, 0.29) is 30.7 Å². The van der Waals surface area contributed by atoms with Crippen LogP contribution in [-0.4, -0.2) is 41.1 Å². The molecule has 0 aromatic heterocycles. The first kappa shape index (κ1) is 20.1. The Morgan fingerprint density at radius 3 is 2.13 bits per heavy atom. The number of amides is 3. The smallest absolute Gasteiger partial charge is 0.261 e. The molecule has 0 aliphatic carbocycles. The number of rotatable bonds is 6. The van der Waals surface area contributed by atoms with Crippen LogP contribution in [0.25, 0.3) is 10.8 Å². The monoisotopic (exact) mass is 420 g/mol. The van der Waals surface area contributed by atoms with Gasteiger partial charge in [-0.05, 0) is 41.6 Å². The standard InChI is InChI=1S/C24H21ClN2O3/c1-26(15-16-10-12-18(25)13-11-16)21(28)9-4-14-27-23(29)19-7-2-5-17-6-3-8-20(22(17)19)24(27)30/h2-3,5-8,10-13H,4,9,14-15H2,1H3. The molecule has 0 unspecified atom stereocenters. The average molecular weight is 421 g/mol. The summed E-state index contributed by atoms with van der Waals surface area (Å²) in [6, 6.07) is 18.3. The fourth-order valence-corrected chi connectivity index (χ4v) is 3.94. The third-order valence-corrected chi connectivity index (χ3v) is 5.64. The van der Waals surface area contributed by atoms with E-state index < -0.39 is 0 Å². The van der Waals surface area contributed by atoms with E-state index in [9.17, 15) is 14.4 Å². The lowest BCUT2D eigenvalue weighted by Crippen LogP contribution is -2.41. The Kier molecular flexibility index (Phi) is 5.55. The van der Waals surface area contributed by atoms with Gasteiger partial charge in [-0.15, -0.1) is 0 Å². The molecule has 3 aromatic carbocycles. The molecule has 5 nitrogen and oxygen atoms in total. The lowest BCUT2D eigenvalue weighted by atomic mass is 9.94. The lowest BCUT2D eigenvalue weighted by molar-refractivity contribution is -0.130. The Morgan fingerprint density at radius 2 is 1.53 bits per heavy atom. The molecule has 0 atom stereocenters. The van der Waals surface area contributed by atoms with Crippen LogP contribution in [0.5, 0.6) is 0 Å². The molecule has 0 radical (unpaired) electrons. The van der Waals surface area contributed by atoms with Gasteiger partial charge in [-0.3, -0.25) is 19.3 Å². The molecule has 6 heteroatoms. The third-order valence-electron chi connectivity index (χ3n) is 5.39. The zero-order valence-corrected chi connectivity index (χ0v) is 17.4. The summed E-state index contributed by atoms with van der Waals surface area (Å²) in [5, 5.41) is 2.25. The van der Waals surface area contributed by atoms with Crippen LogP contribution in [0, 0.1) is 0 Å². The van der Waals surface area contributed by atoms with Crippen LogP contribution in [0.3, 0.4) is 0 Å². The van der Waals surface area contributed by atoms with Crippen LogP contribution in [0.2, 0.25) is 5.02 Å². The van der Waals surface area contributed by atoms with E-state index >= 15 is 0 Å². The predicted octanol–water partition coefficient (Wildman–Crippen LogP) is 4.53. The van der Waals surface area contributed by atoms with Crippen molar-refractivity contribution < 1.29 is 14.4 Å². The van der Waals surface area contributed by atoms with Crippen molar-refractivity contribution >= 4 is 40.1 Å². The molecular weight excluding hydrogens is 400 g/mol. The van der Waals surface area contributed by atoms with Gasteiger partial charge in [-0.2, -0.15) is 0 Å². The van der Waals surface area contributed by atoms with Crippen molar-refractivity contribution in [3.05, 3.63) is 82.4 Å². The average Bonchev–Trinajstić information content (AvgIpc) is 2.75. The SMILES string of the molecule is CN(Cc1ccc(Cl)cc1)C(=O)CCCN1C(=O)c2cccc3cccc(c23)C1=O. The Labute approximate surface area is 179 Å². The fraction of sp³-hybridized carbons (Fsp3) is 0.208. The van der Waals surface area contributed by atoms with E-state index in [0.29, 0.717) is 34.5 Å². The van der Waals surface area contributed by atoms with E-state index in [4.69, 9.17) is 11.6 Å². The number of benzene rings is 3. The molecule has 0 saturated heterocycles. The van der Waals surface area contributed by atoms with Crippen molar-refractivity contribution in [1.82, 2.24) is 9.80 Å². The highest BCUT2D eigenvalue weighted by molar-refractivity contribution is 6.30. The van der Waals surface area contributed by atoms with Crippen LogP contribution in [0.1, 0.15) is 39.1 Å². The summed E-state index contributed by atoms with van der Waals surface area (Å²) in [7, 11) is 1.74. The highest BCUT2D eigenvalue weighted by Gasteiger charge is 2.32. The molecule has 0 saturated carbocycles. The van der Waals surface area contributed by atoms with Gasteiger partial charge in [-0.1, -0.05) is 48.0 Å². The van der Waals surface area contributed by atoms with E-state index in [1.807, 2.05) is 36.4 Å². The number of carbonyl (C=O) groups excluding carboxylic acids is 3. The minimum Gasteiger partial charge on any atom is -0.341 e. The maximum atomic E-state index is 12.9. The maximum Gasteiger partial charge on any atom is 0.261 e. The zero-order chi connectivity index (χ0) is 21.3. The minimum absolute atomic E-state index is 0.0376. The van der Waals surface area contributed by atoms with Gasteiger partial charge in [0.25, 0.3) is 11.8 Å². The van der Waals surface area contributed by atoms with Crippen LogP contribution in [0.15, 0.2) is 60.7 Å². The van der Waals surface area contributed by atoms with Gasteiger partial charge in [0.05, 0.1) is 0 Å². The molecule has 152 valence electrons. The first-order valence-electron chi connectivity index (χ1n) is 9.82. The van der Waals surface area contributed by atoms with Crippen molar-refractivity contribution in [2.24, 2.45) is 0 Å². The van der Waals surface area contributed by atoms with Crippen molar-refractivity contribution in [3.63, 3.8) is 0 Å². The van der Waals surface area contributed by atoms with Crippen molar-refractivity contribution in [1.29, 1.82) is 0 Å². The molecule has 0 spiro atoms. The minimum atomic E-state index is -0.300. The normalized spacial score (nSPS) is 13.1. The summed E-state index contributed by atoms with van der Waals surface area (Å²) < 4.78 is 0. The van der Waals surface area contributed by atoms with Crippen LogP contribution >= 0.6 is 11.6 Å². The molecule has 0 N–H and O–H groups in total. The van der Waals surface area contributed by atoms with Crippen LogP contribution in [0.4, 0.5) is 0 Å². The maximum absolute atomic E-state index is 12.9. The number of hydrogen-bond donors (Lipinski definition) is 0. The van der Waals surface area contributed by atoms with Gasteiger partial charge >= 0.3 is 0 Å². The number of imide groups is 1. The molecule has 1 aliphatic heterocycles. The summed E-state index contributed by atoms with van der Waals surface area (Å²) in [6.45, 7) is 0.690. The predicted molar refractivity (Wildman–Crippen MR) is 116 cm³/mol. The van der Waals surface area contributed by atoms with Gasteiger partial charge < -0.3 is 4.90 Å². The molecule has 3 amide bonds. The van der Waals surface area contributed by atoms with E-state index in [1.165, 1.54) is 4.90 Å². The highest BCUT2D eigenvalue weighted by atomic mass is 35.5. The molecule has 4 rings (SSSR count). The van der Waals surface area contributed by atoms with E-state index in [2.05, 4.69) is 0 Å². The summed E-state index contributed by atoms with van der Waals surface area (Å²) in [6.07, 6.45) is 0.673. The van der Waals surface area contributed by atoms with Crippen LogP contribution in [-0.2, 0) is 11.3 Å². The van der Waals surface area contributed by atoms with Crippen molar-refractivity contribution in [2.75, 3.05) is 13.6 Å². The third kappa shape index (κ3) is 3.81. The number of carbonyl (C=O) groups is 3. The Bertz CT molecular complexity index is 1090. The van der Waals surface area contributed by atoms with Gasteiger partial charge in [0.2, 0.25) is 5.91 Å². The zero-order valence-electron chi connectivity index (χ0n) is 16.6. The second-order valence-electron chi connectivity index (χ2n) is 7.45. The van der Waals surface area contributed by atoms with Gasteiger partial charge in [0, 0.05) is 48.1 Å². The molecule has 3 aromatic rings. The summed E-state index contributed by atoms with van der Waals surface area (Å²) in [4.78, 5) is 41.2. The molecule has 0 bridgehead atoms. The molecule has 1 aliphatic rings.